The van der Waals surface area contributed by atoms with Crippen LogP contribution < -0.4 is 15.4 Å². The molecule has 0 spiro atoms. The highest BCUT2D eigenvalue weighted by Crippen LogP contribution is 2.35. The number of unbranched alkanes of at least 4 members (excludes halogenated alkanes) is 9. The SMILES string of the molecule is CCCCCCCCCCCCOc1ccc(S(=O)(=O)C(CC)C(=O)Nc2cc(O)c(NC(=O)C(C)(C)C)cc2Cl)cc1. The van der Waals surface area contributed by atoms with Gasteiger partial charge in [-0.1, -0.05) is 104 Å². The van der Waals surface area contributed by atoms with E-state index in [0.717, 1.165) is 12.8 Å². The number of nitrogens with one attached hydrogen (secondary N) is 2. The second-order valence-electron chi connectivity index (χ2n) is 12.0. The number of ether oxygens (including phenoxy) is 1. The first-order chi connectivity index (χ1) is 20.3. The van der Waals surface area contributed by atoms with Crippen LogP contribution in [0.1, 0.15) is 105 Å². The van der Waals surface area contributed by atoms with Crippen molar-refractivity contribution in [1.82, 2.24) is 0 Å². The molecule has 0 saturated carbocycles. The molecular weight excluding hydrogens is 588 g/mol. The predicted octanol–water partition coefficient (Wildman–Crippen LogP) is 8.52. The summed E-state index contributed by atoms with van der Waals surface area (Å²) in [5.41, 5.74) is -0.591. The van der Waals surface area contributed by atoms with Crippen molar-refractivity contribution in [2.45, 2.75) is 115 Å². The summed E-state index contributed by atoms with van der Waals surface area (Å²) in [7, 11) is -4.03. The summed E-state index contributed by atoms with van der Waals surface area (Å²) in [5.74, 6) is -0.852. The van der Waals surface area contributed by atoms with Crippen LogP contribution in [-0.2, 0) is 19.4 Å². The van der Waals surface area contributed by atoms with Crippen molar-refractivity contribution in [2.75, 3.05) is 17.2 Å². The number of phenolic OH excluding ortho intramolecular Hbond substituents is 1. The van der Waals surface area contributed by atoms with E-state index in [1.54, 1.807) is 39.8 Å². The fourth-order valence-electron chi connectivity index (χ4n) is 4.50. The summed E-state index contributed by atoms with van der Waals surface area (Å²) in [6.45, 7) is 9.57. The van der Waals surface area contributed by atoms with Crippen molar-refractivity contribution in [3.63, 3.8) is 0 Å². The van der Waals surface area contributed by atoms with Gasteiger partial charge < -0.3 is 20.5 Å². The zero-order valence-corrected chi connectivity index (χ0v) is 27.9. The largest absolute Gasteiger partial charge is 0.506 e. The van der Waals surface area contributed by atoms with Crippen LogP contribution in [0.2, 0.25) is 5.02 Å². The van der Waals surface area contributed by atoms with Crippen LogP contribution in [0, 0.1) is 5.41 Å². The van der Waals surface area contributed by atoms with E-state index in [1.807, 2.05) is 0 Å². The molecule has 10 heteroatoms. The Bertz CT molecular complexity index is 1290. The van der Waals surface area contributed by atoms with Crippen molar-refractivity contribution in [2.24, 2.45) is 5.41 Å². The number of amides is 2. The summed E-state index contributed by atoms with van der Waals surface area (Å²) in [5, 5.41) is 14.2. The van der Waals surface area contributed by atoms with Gasteiger partial charge in [-0.15, -0.1) is 0 Å². The molecular formula is C33H49ClN2O6S. The van der Waals surface area contributed by atoms with Crippen LogP contribution >= 0.6 is 11.6 Å². The van der Waals surface area contributed by atoms with Crippen molar-refractivity contribution in [3.8, 4) is 11.5 Å². The lowest BCUT2D eigenvalue weighted by Crippen LogP contribution is -2.34. The number of rotatable bonds is 18. The number of anilines is 2. The van der Waals surface area contributed by atoms with Gasteiger partial charge in [0, 0.05) is 11.5 Å². The van der Waals surface area contributed by atoms with Gasteiger partial charge in [-0.25, -0.2) is 8.42 Å². The minimum absolute atomic E-state index is 0.00923. The van der Waals surface area contributed by atoms with E-state index in [2.05, 4.69) is 17.6 Å². The van der Waals surface area contributed by atoms with Gasteiger partial charge in [-0.05, 0) is 43.2 Å². The van der Waals surface area contributed by atoms with Gasteiger partial charge in [0.05, 0.1) is 27.9 Å². The fourth-order valence-corrected chi connectivity index (χ4v) is 6.33. The Hall–Kier alpha value is -2.78. The summed E-state index contributed by atoms with van der Waals surface area (Å²) in [4.78, 5) is 25.4. The van der Waals surface area contributed by atoms with E-state index in [-0.39, 0.29) is 39.4 Å². The average Bonchev–Trinajstić information content (AvgIpc) is 2.94. The van der Waals surface area contributed by atoms with E-state index in [9.17, 15) is 23.1 Å². The van der Waals surface area contributed by atoms with Crippen LogP contribution in [0.5, 0.6) is 11.5 Å². The summed E-state index contributed by atoms with van der Waals surface area (Å²) >= 11 is 6.30. The molecule has 0 heterocycles. The van der Waals surface area contributed by atoms with Crippen LogP contribution in [0.3, 0.4) is 0 Å². The first-order valence-electron chi connectivity index (χ1n) is 15.4. The molecule has 2 aromatic carbocycles. The van der Waals surface area contributed by atoms with Crippen LogP contribution in [0.25, 0.3) is 0 Å². The molecule has 3 N–H and O–H groups in total. The highest BCUT2D eigenvalue weighted by Gasteiger charge is 2.33. The number of sulfone groups is 1. The molecule has 8 nitrogen and oxygen atoms in total. The molecule has 0 aliphatic carbocycles. The lowest BCUT2D eigenvalue weighted by Gasteiger charge is -2.20. The van der Waals surface area contributed by atoms with Gasteiger partial charge in [0.1, 0.15) is 16.7 Å². The van der Waals surface area contributed by atoms with Crippen molar-refractivity contribution < 1.29 is 27.9 Å². The van der Waals surface area contributed by atoms with E-state index >= 15 is 0 Å². The van der Waals surface area contributed by atoms with E-state index < -0.39 is 26.4 Å². The number of halogens is 1. The molecule has 43 heavy (non-hydrogen) atoms. The third-order valence-corrected chi connectivity index (χ3v) is 9.77. The zero-order chi connectivity index (χ0) is 32.0. The molecule has 0 fully saturated rings. The normalized spacial score (nSPS) is 12.5. The van der Waals surface area contributed by atoms with Gasteiger partial charge in [0.25, 0.3) is 0 Å². The quantitative estimate of drug-likeness (QED) is 0.111. The predicted molar refractivity (Wildman–Crippen MR) is 175 cm³/mol. The smallest absolute Gasteiger partial charge is 0.243 e. The fraction of sp³-hybridized carbons (Fsp3) is 0.576. The molecule has 0 radical (unpaired) electrons. The van der Waals surface area contributed by atoms with E-state index in [4.69, 9.17) is 16.3 Å². The van der Waals surface area contributed by atoms with Gasteiger partial charge >= 0.3 is 0 Å². The molecule has 2 rings (SSSR count). The van der Waals surface area contributed by atoms with Gasteiger partial charge in [-0.2, -0.15) is 0 Å². The van der Waals surface area contributed by atoms with Gasteiger partial charge in [-0.3, -0.25) is 9.59 Å². The number of hydrogen-bond acceptors (Lipinski definition) is 6. The molecule has 0 saturated heterocycles. The van der Waals surface area contributed by atoms with E-state index in [0.29, 0.717) is 12.4 Å². The summed E-state index contributed by atoms with van der Waals surface area (Å²) < 4.78 is 32.5. The first-order valence-corrected chi connectivity index (χ1v) is 17.3. The maximum atomic E-state index is 13.4. The standard InChI is InChI=1S/C33H49ClN2O6S/c1-6-8-9-10-11-12-13-14-15-16-21-42-24-17-19-25(20-18-24)43(40,41)30(7-2)31(38)35-27-23-29(37)28(22-26(27)34)36-32(39)33(3,4)5/h17-20,22-23,30,37H,6-16,21H2,1-5H3,(H,35,38)(H,36,39). The number of aromatic hydroxyl groups is 1. The molecule has 1 unspecified atom stereocenters. The number of carbonyl (C=O) groups is 2. The Labute approximate surface area is 262 Å². The maximum Gasteiger partial charge on any atom is 0.243 e. The highest BCUT2D eigenvalue weighted by molar-refractivity contribution is 7.92. The molecule has 0 aromatic heterocycles. The lowest BCUT2D eigenvalue weighted by atomic mass is 9.95. The van der Waals surface area contributed by atoms with Crippen LogP contribution in [0.4, 0.5) is 11.4 Å². The summed E-state index contributed by atoms with van der Waals surface area (Å²) in [6, 6.07) is 8.59. The molecule has 0 aliphatic rings. The molecule has 0 bridgehead atoms. The van der Waals surface area contributed by atoms with Gasteiger partial charge in [0.15, 0.2) is 9.84 Å². The minimum Gasteiger partial charge on any atom is -0.506 e. The number of benzene rings is 2. The summed E-state index contributed by atoms with van der Waals surface area (Å²) in [6.07, 6.45) is 12.4. The topological polar surface area (TPSA) is 122 Å². The third-order valence-electron chi connectivity index (χ3n) is 7.23. The maximum absolute atomic E-state index is 13.4. The Morgan fingerprint density at radius 2 is 1.42 bits per heavy atom. The second kappa shape index (κ2) is 17.5. The minimum atomic E-state index is -4.03. The Balaban J connectivity index is 1.92. The van der Waals surface area contributed by atoms with Crippen LogP contribution in [0.15, 0.2) is 41.3 Å². The Morgan fingerprint density at radius 1 is 0.860 bits per heavy atom. The molecule has 2 amide bonds. The van der Waals surface area contributed by atoms with Crippen molar-refractivity contribution in [3.05, 3.63) is 41.4 Å². The average molecular weight is 637 g/mol. The third kappa shape index (κ3) is 11.7. The number of hydrogen-bond donors (Lipinski definition) is 3. The first kappa shape index (κ1) is 36.4. The highest BCUT2D eigenvalue weighted by atomic mass is 35.5. The monoisotopic (exact) mass is 636 g/mol. The van der Waals surface area contributed by atoms with Gasteiger partial charge in [0.2, 0.25) is 11.8 Å². The molecule has 240 valence electrons. The number of phenols is 1. The molecule has 1 atom stereocenters. The van der Waals surface area contributed by atoms with Crippen molar-refractivity contribution >= 4 is 44.6 Å². The number of carbonyl (C=O) groups excluding carboxylic acids is 2. The lowest BCUT2D eigenvalue weighted by molar-refractivity contribution is -0.123. The van der Waals surface area contributed by atoms with Crippen LogP contribution in [-0.4, -0.2) is 37.2 Å². The molecule has 2 aromatic rings. The molecule has 0 aliphatic heterocycles. The second-order valence-corrected chi connectivity index (χ2v) is 14.5. The Kier molecular flexibility index (Phi) is 14.8. The van der Waals surface area contributed by atoms with E-state index in [1.165, 1.54) is 75.6 Å². The van der Waals surface area contributed by atoms with Crippen molar-refractivity contribution in [1.29, 1.82) is 0 Å². The zero-order valence-electron chi connectivity index (χ0n) is 26.3. The Morgan fingerprint density at radius 3 is 1.95 bits per heavy atom.